The second-order valence-corrected chi connectivity index (χ2v) is 1.83. The smallest absolute Gasteiger partial charge is 0.130 e. The third-order valence-corrected chi connectivity index (χ3v) is 0.976. The minimum atomic E-state index is -0.0906. The maximum Gasteiger partial charge on any atom is 0.130 e. The Morgan fingerprint density at radius 2 is 2.50 bits per heavy atom. The monoisotopic (exact) mass is 132 g/mol. The Balaban J connectivity index is 2.84. The van der Waals surface area contributed by atoms with Crippen molar-refractivity contribution in [2.45, 2.75) is 6.61 Å². The van der Waals surface area contributed by atoms with Gasteiger partial charge in [-0.15, -0.1) is 0 Å². The minimum Gasteiger partial charge on any atom is -0.465 e. The second kappa shape index (κ2) is 2.20. The molecule has 0 spiro atoms. The molecule has 0 amide bonds. The molecule has 0 radical (unpaired) electrons. The quantitative estimate of drug-likeness (QED) is 0.627. The van der Waals surface area contributed by atoms with Crippen LogP contribution in [-0.4, -0.2) is 5.11 Å². The van der Waals surface area contributed by atoms with Gasteiger partial charge in [-0.25, -0.2) is 0 Å². The van der Waals surface area contributed by atoms with E-state index in [4.69, 9.17) is 21.1 Å². The summed E-state index contributed by atoms with van der Waals surface area (Å²) in [7, 11) is 0. The number of hydrogen-bond donors (Lipinski definition) is 1. The van der Waals surface area contributed by atoms with Gasteiger partial charge in [0.05, 0.1) is 5.02 Å². The summed E-state index contributed by atoms with van der Waals surface area (Å²) >= 11 is 5.43. The van der Waals surface area contributed by atoms with E-state index in [1.165, 1.54) is 6.26 Å². The van der Waals surface area contributed by atoms with Crippen molar-refractivity contribution in [2.24, 2.45) is 0 Å². The molecule has 0 aromatic carbocycles. The minimum absolute atomic E-state index is 0.0906. The number of aliphatic hydroxyl groups excluding tert-OH is 1. The molecule has 1 heterocycles. The molecule has 1 aromatic heterocycles. The number of rotatable bonds is 1. The van der Waals surface area contributed by atoms with Gasteiger partial charge in [0.15, 0.2) is 0 Å². The van der Waals surface area contributed by atoms with E-state index >= 15 is 0 Å². The maximum absolute atomic E-state index is 8.40. The standard InChI is InChI=1S/C5H5ClO2/c6-4-1-5(2-7)8-3-4/h1,3,7H,2H2. The molecule has 1 N–H and O–H groups in total. The first kappa shape index (κ1) is 5.66. The van der Waals surface area contributed by atoms with Gasteiger partial charge in [-0.1, -0.05) is 11.6 Å². The molecule has 0 aliphatic rings. The molecule has 0 unspecified atom stereocenters. The van der Waals surface area contributed by atoms with E-state index in [9.17, 15) is 0 Å². The highest BCUT2D eigenvalue weighted by Crippen LogP contribution is 2.12. The Bertz CT molecular complexity index is 171. The van der Waals surface area contributed by atoms with Gasteiger partial charge < -0.3 is 9.52 Å². The molecule has 8 heavy (non-hydrogen) atoms. The van der Waals surface area contributed by atoms with Crippen molar-refractivity contribution in [3.8, 4) is 0 Å². The molecule has 3 heteroatoms. The van der Waals surface area contributed by atoms with Crippen molar-refractivity contribution < 1.29 is 9.52 Å². The van der Waals surface area contributed by atoms with Gasteiger partial charge in [0, 0.05) is 6.07 Å². The Kier molecular flexibility index (Phi) is 1.56. The summed E-state index contributed by atoms with van der Waals surface area (Å²) in [5, 5.41) is 8.92. The zero-order chi connectivity index (χ0) is 5.98. The first-order valence-corrected chi connectivity index (χ1v) is 2.54. The fraction of sp³-hybridized carbons (Fsp3) is 0.200. The average molecular weight is 133 g/mol. The van der Waals surface area contributed by atoms with E-state index in [2.05, 4.69) is 0 Å². The second-order valence-electron chi connectivity index (χ2n) is 1.39. The van der Waals surface area contributed by atoms with Crippen molar-refractivity contribution in [3.05, 3.63) is 23.1 Å². The van der Waals surface area contributed by atoms with Crippen molar-refractivity contribution in [3.63, 3.8) is 0 Å². The van der Waals surface area contributed by atoms with Crippen molar-refractivity contribution in [1.82, 2.24) is 0 Å². The van der Waals surface area contributed by atoms with E-state index in [0.717, 1.165) is 0 Å². The highest BCUT2D eigenvalue weighted by molar-refractivity contribution is 6.30. The molecule has 44 valence electrons. The number of hydrogen-bond acceptors (Lipinski definition) is 2. The van der Waals surface area contributed by atoms with Gasteiger partial charge in [-0.05, 0) is 0 Å². The largest absolute Gasteiger partial charge is 0.465 e. The molecule has 0 atom stereocenters. The molecule has 0 bridgehead atoms. The molecule has 2 nitrogen and oxygen atoms in total. The van der Waals surface area contributed by atoms with Crippen molar-refractivity contribution in [2.75, 3.05) is 0 Å². The van der Waals surface area contributed by atoms with Gasteiger partial charge in [0.25, 0.3) is 0 Å². The fourth-order valence-corrected chi connectivity index (χ4v) is 0.603. The van der Waals surface area contributed by atoms with Crippen LogP contribution in [0.3, 0.4) is 0 Å². The van der Waals surface area contributed by atoms with E-state index in [1.807, 2.05) is 0 Å². The predicted octanol–water partition coefficient (Wildman–Crippen LogP) is 1.43. The molecule has 0 aliphatic heterocycles. The van der Waals surface area contributed by atoms with Crippen molar-refractivity contribution in [1.29, 1.82) is 0 Å². The summed E-state index contributed by atoms with van der Waals surface area (Å²) in [6, 6.07) is 1.57. The van der Waals surface area contributed by atoms with Crippen LogP contribution in [0, 0.1) is 0 Å². The van der Waals surface area contributed by atoms with Gasteiger partial charge >= 0.3 is 0 Å². The molecule has 1 rings (SSSR count). The van der Waals surface area contributed by atoms with Crippen LogP contribution in [-0.2, 0) is 6.61 Å². The van der Waals surface area contributed by atoms with E-state index in [-0.39, 0.29) is 6.61 Å². The zero-order valence-electron chi connectivity index (χ0n) is 4.10. The molecule has 0 aliphatic carbocycles. The van der Waals surface area contributed by atoms with Gasteiger partial charge in [-0.2, -0.15) is 0 Å². The highest BCUT2D eigenvalue weighted by atomic mass is 35.5. The normalized spacial score (nSPS) is 9.75. The first-order valence-electron chi connectivity index (χ1n) is 2.16. The number of aliphatic hydroxyl groups is 1. The SMILES string of the molecule is OCc1cc(Cl)co1. The lowest BCUT2D eigenvalue weighted by molar-refractivity contribution is 0.247. The third-order valence-electron chi connectivity index (χ3n) is 0.778. The number of halogens is 1. The summed E-state index contributed by atoms with van der Waals surface area (Å²) in [4.78, 5) is 0. The summed E-state index contributed by atoms with van der Waals surface area (Å²) < 4.78 is 4.73. The lowest BCUT2D eigenvalue weighted by Crippen LogP contribution is -1.72. The molecular formula is C5H5ClO2. The highest BCUT2D eigenvalue weighted by Gasteiger charge is 1.94. The number of furan rings is 1. The Morgan fingerprint density at radius 1 is 1.75 bits per heavy atom. The average Bonchev–Trinajstić information content (AvgIpc) is 2.14. The van der Waals surface area contributed by atoms with Crippen LogP contribution in [0.2, 0.25) is 5.02 Å². The van der Waals surface area contributed by atoms with Crippen LogP contribution in [0.25, 0.3) is 0 Å². The molecule has 0 saturated carbocycles. The fourth-order valence-electron chi connectivity index (χ4n) is 0.437. The maximum atomic E-state index is 8.40. The molecule has 0 saturated heterocycles. The summed E-state index contributed by atoms with van der Waals surface area (Å²) in [6.07, 6.45) is 1.38. The first-order chi connectivity index (χ1) is 3.83. The summed E-state index contributed by atoms with van der Waals surface area (Å²) in [5.41, 5.74) is 0. The predicted molar refractivity (Wildman–Crippen MR) is 29.6 cm³/mol. The Hall–Kier alpha value is -0.470. The van der Waals surface area contributed by atoms with E-state index in [1.54, 1.807) is 6.07 Å². The van der Waals surface area contributed by atoms with E-state index < -0.39 is 0 Å². The molecule has 1 aromatic rings. The Morgan fingerprint density at radius 3 is 2.75 bits per heavy atom. The van der Waals surface area contributed by atoms with E-state index in [0.29, 0.717) is 10.8 Å². The third kappa shape index (κ3) is 1.02. The molecule has 0 fully saturated rings. The van der Waals surface area contributed by atoms with Crippen LogP contribution in [0.1, 0.15) is 5.76 Å². The zero-order valence-corrected chi connectivity index (χ0v) is 4.85. The van der Waals surface area contributed by atoms with Gasteiger partial charge in [-0.3, -0.25) is 0 Å². The molecular weight excluding hydrogens is 128 g/mol. The lowest BCUT2D eigenvalue weighted by Gasteiger charge is -1.79. The summed E-state index contributed by atoms with van der Waals surface area (Å²) in [5.74, 6) is 0.495. The van der Waals surface area contributed by atoms with Crippen LogP contribution in [0.4, 0.5) is 0 Å². The van der Waals surface area contributed by atoms with Crippen LogP contribution in [0.15, 0.2) is 16.7 Å². The van der Waals surface area contributed by atoms with Crippen LogP contribution in [0.5, 0.6) is 0 Å². The summed E-state index contributed by atoms with van der Waals surface area (Å²) in [6.45, 7) is -0.0906. The topological polar surface area (TPSA) is 33.4 Å². The van der Waals surface area contributed by atoms with Gasteiger partial charge in [0.2, 0.25) is 0 Å². The lowest BCUT2D eigenvalue weighted by atomic mass is 10.5. The van der Waals surface area contributed by atoms with Crippen LogP contribution < -0.4 is 0 Å². The van der Waals surface area contributed by atoms with Crippen molar-refractivity contribution >= 4 is 11.6 Å². The Labute approximate surface area is 51.7 Å². The van der Waals surface area contributed by atoms with Crippen LogP contribution >= 0.6 is 11.6 Å². The van der Waals surface area contributed by atoms with Gasteiger partial charge in [0.1, 0.15) is 18.6 Å².